The lowest BCUT2D eigenvalue weighted by Crippen LogP contribution is -1.98. The third-order valence-electron chi connectivity index (χ3n) is 11.4. The summed E-state index contributed by atoms with van der Waals surface area (Å²) >= 11 is 0. The summed E-state index contributed by atoms with van der Waals surface area (Å²) in [6, 6.07) is 65.0. The molecule has 54 heavy (non-hydrogen) atoms. The van der Waals surface area contributed by atoms with Gasteiger partial charge in [-0.05, 0) is 114 Å². The molecule has 0 aliphatic carbocycles. The van der Waals surface area contributed by atoms with E-state index in [0.717, 1.165) is 17.8 Å². The van der Waals surface area contributed by atoms with Crippen LogP contribution < -0.4 is 0 Å². The van der Waals surface area contributed by atoms with Gasteiger partial charge >= 0.3 is 0 Å². The molecule has 0 aliphatic rings. The van der Waals surface area contributed by atoms with Gasteiger partial charge in [0, 0.05) is 49.4 Å². The predicted octanol–water partition coefficient (Wildman–Crippen LogP) is 13.5. The molecule has 8 aromatic carbocycles. The molecule has 0 amide bonds. The van der Waals surface area contributed by atoms with E-state index < -0.39 is 0 Å². The van der Waals surface area contributed by atoms with Crippen molar-refractivity contribution < 1.29 is 0 Å². The normalized spacial score (nSPS) is 12.0. The van der Waals surface area contributed by atoms with E-state index in [0.29, 0.717) is 0 Å². The van der Waals surface area contributed by atoms with E-state index in [4.69, 9.17) is 0 Å². The standard InChI is InChI=1S/C51H37N3/c1-3-34-27-33(2)28-39(29-34)54-49-22-11-7-18-43(49)45-31-36(24-26-51(45)54)35-23-25-50-44(30-35)42-17-6-10-21-48(42)53(50)38-14-12-13-37(32-38)52-46-19-8-4-15-40(46)41-16-5-9-20-47(41)52/h4-32H,3H2,1-2H3. The summed E-state index contributed by atoms with van der Waals surface area (Å²) in [4.78, 5) is 0. The van der Waals surface area contributed by atoms with Gasteiger partial charge in [0.25, 0.3) is 0 Å². The predicted molar refractivity (Wildman–Crippen MR) is 229 cm³/mol. The molecule has 0 bridgehead atoms. The first-order valence-corrected chi connectivity index (χ1v) is 18.9. The number of nitrogens with zero attached hydrogens (tertiary/aromatic N) is 3. The number of benzene rings is 8. The summed E-state index contributed by atoms with van der Waals surface area (Å²) in [7, 11) is 0. The third-order valence-corrected chi connectivity index (χ3v) is 11.4. The number of hydrogen-bond donors (Lipinski definition) is 0. The summed E-state index contributed by atoms with van der Waals surface area (Å²) in [5.41, 5.74) is 15.9. The van der Waals surface area contributed by atoms with Gasteiger partial charge in [0.2, 0.25) is 0 Å². The highest BCUT2D eigenvalue weighted by atomic mass is 15.0. The van der Waals surface area contributed by atoms with E-state index >= 15 is 0 Å². The highest BCUT2D eigenvalue weighted by molar-refractivity contribution is 6.13. The van der Waals surface area contributed by atoms with Crippen LogP contribution >= 0.6 is 0 Å². The van der Waals surface area contributed by atoms with Crippen LogP contribution in [0.15, 0.2) is 176 Å². The summed E-state index contributed by atoms with van der Waals surface area (Å²) < 4.78 is 7.26. The molecule has 3 heteroatoms. The van der Waals surface area contributed by atoms with Crippen molar-refractivity contribution in [3.63, 3.8) is 0 Å². The summed E-state index contributed by atoms with van der Waals surface area (Å²) in [6.07, 6.45) is 1.02. The Labute approximate surface area is 313 Å². The fourth-order valence-electron chi connectivity index (χ4n) is 9.01. The summed E-state index contributed by atoms with van der Waals surface area (Å²) in [5, 5.41) is 7.58. The topological polar surface area (TPSA) is 14.8 Å². The second kappa shape index (κ2) is 11.8. The van der Waals surface area contributed by atoms with Crippen LogP contribution in [0.2, 0.25) is 0 Å². The Morgan fingerprint density at radius 1 is 0.333 bits per heavy atom. The Morgan fingerprint density at radius 3 is 1.20 bits per heavy atom. The second-order valence-corrected chi connectivity index (χ2v) is 14.6. The van der Waals surface area contributed by atoms with Gasteiger partial charge in [0.1, 0.15) is 0 Å². The van der Waals surface area contributed by atoms with Gasteiger partial charge in [0.15, 0.2) is 0 Å². The monoisotopic (exact) mass is 691 g/mol. The van der Waals surface area contributed by atoms with Crippen LogP contribution in [0.25, 0.3) is 93.6 Å². The fourth-order valence-corrected chi connectivity index (χ4v) is 9.01. The Hall–Kier alpha value is -6.84. The van der Waals surface area contributed by atoms with Gasteiger partial charge in [-0.3, -0.25) is 0 Å². The molecule has 0 spiro atoms. The lowest BCUT2D eigenvalue weighted by molar-refractivity contribution is 1.10. The Morgan fingerprint density at radius 2 is 0.741 bits per heavy atom. The molecular formula is C51H37N3. The number of aromatic nitrogens is 3. The molecule has 0 saturated heterocycles. The van der Waals surface area contributed by atoms with Crippen LogP contribution in [0, 0.1) is 6.92 Å². The van der Waals surface area contributed by atoms with Crippen molar-refractivity contribution in [3.05, 3.63) is 187 Å². The molecule has 3 nitrogen and oxygen atoms in total. The first-order valence-electron chi connectivity index (χ1n) is 18.9. The van der Waals surface area contributed by atoms with Crippen molar-refractivity contribution in [1.29, 1.82) is 0 Å². The third kappa shape index (κ3) is 4.55. The van der Waals surface area contributed by atoms with Gasteiger partial charge in [-0.15, -0.1) is 0 Å². The number of hydrogen-bond acceptors (Lipinski definition) is 0. The number of fused-ring (bicyclic) bond motifs is 9. The molecule has 0 atom stereocenters. The van der Waals surface area contributed by atoms with Crippen LogP contribution in [0.5, 0.6) is 0 Å². The van der Waals surface area contributed by atoms with Gasteiger partial charge in [-0.2, -0.15) is 0 Å². The highest BCUT2D eigenvalue weighted by Gasteiger charge is 2.18. The number of aryl methyl sites for hydroxylation is 2. The molecule has 0 N–H and O–H groups in total. The van der Waals surface area contributed by atoms with Crippen LogP contribution in [0.1, 0.15) is 18.1 Å². The zero-order chi connectivity index (χ0) is 35.9. The van der Waals surface area contributed by atoms with Crippen molar-refractivity contribution in [1.82, 2.24) is 13.7 Å². The van der Waals surface area contributed by atoms with Crippen molar-refractivity contribution in [2.24, 2.45) is 0 Å². The number of para-hydroxylation sites is 4. The quantitative estimate of drug-likeness (QED) is 0.171. The zero-order valence-electron chi connectivity index (χ0n) is 30.3. The van der Waals surface area contributed by atoms with Gasteiger partial charge in [0.05, 0.1) is 33.1 Å². The molecule has 0 aliphatic heterocycles. The first kappa shape index (κ1) is 30.8. The van der Waals surface area contributed by atoms with E-state index in [-0.39, 0.29) is 0 Å². The van der Waals surface area contributed by atoms with Crippen LogP contribution in [0.4, 0.5) is 0 Å². The second-order valence-electron chi connectivity index (χ2n) is 14.6. The SMILES string of the molecule is CCc1cc(C)cc(-n2c3ccccc3c3cc(-c4ccc5c(c4)c4ccccc4n5-c4cccc(-n5c6ccccc6c6ccccc65)c4)ccc32)c1. The molecule has 11 aromatic rings. The summed E-state index contributed by atoms with van der Waals surface area (Å²) in [5.74, 6) is 0. The van der Waals surface area contributed by atoms with E-state index in [9.17, 15) is 0 Å². The molecule has 3 heterocycles. The molecule has 3 aromatic heterocycles. The average molecular weight is 692 g/mol. The maximum absolute atomic E-state index is 2.44. The highest BCUT2D eigenvalue weighted by Crippen LogP contribution is 2.39. The maximum Gasteiger partial charge on any atom is 0.0541 e. The van der Waals surface area contributed by atoms with Crippen LogP contribution in [0.3, 0.4) is 0 Å². The maximum atomic E-state index is 2.44. The Bertz CT molecular complexity index is 3220. The molecule has 11 rings (SSSR count). The van der Waals surface area contributed by atoms with Crippen molar-refractivity contribution in [2.45, 2.75) is 20.3 Å². The zero-order valence-corrected chi connectivity index (χ0v) is 30.3. The Balaban J connectivity index is 1.08. The van der Waals surface area contributed by atoms with Gasteiger partial charge < -0.3 is 13.7 Å². The minimum Gasteiger partial charge on any atom is -0.309 e. The van der Waals surface area contributed by atoms with Crippen molar-refractivity contribution >= 4 is 65.4 Å². The van der Waals surface area contributed by atoms with E-state index in [1.807, 2.05) is 0 Å². The number of rotatable bonds is 5. The largest absolute Gasteiger partial charge is 0.309 e. The lowest BCUT2D eigenvalue weighted by Gasteiger charge is -2.13. The van der Waals surface area contributed by atoms with E-state index in [2.05, 4.69) is 203 Å². The van der Waals surface area contributed by atoms with E-state index in [1.54, 1.807) is 0 Å². The molecule has 0 saturated carbocycles. The molecule has 0 radical (unpaired) electrons. The lowest BCUT2D eigenvalue weighted by atomic mass is 10.0. The first-order chi connectivity index (χ1) is 26.6. The smallest absolute Gasteiger partial charge is 0.0541 e. The fraction of sp³-hybridized carbons (Fsp3) is 0.0588. The van der Waals surface area contributed by atoms with E-state index in [1.165, 1.54) is 93.4 Å². The molecular weight excluding hydrogens is 655 g/mol. The van der Waals surface area contributed by atoms with Crippen LogP contribution in [-0.2, 0) is 6.42 Å². The van der Waals surface area contributed by atoms with Crippen LogP contribution in [-0.4, -0.2) is 13.7 Å². The molecule has 0 fully saturated rings. The van der Waals surface area contributed by atoms with Crippen molar-refractivity contribution in [2.75, 3.05) is 0 Å². The minimum absolute atomic E-state index is 1.02. The van der Waals surface area contributed by atoms with Gasteiger partial charge in [-0.1, -0.05) is 104 Å². The summed E-state index contributed by atoms with van der Waals surface area (Å²) in [6.45, 7) is 4.43. The Kier molecular flexibility index (Phi) is 6.74. The molecule has 0 unspecified atom stereocenters. The average Bonchev–Trinajstić information content (AvgIpc) is 3.86. The van der Waals surface area contributed by atoms with Crippen molar-refractivity contribution in [3.8, 4) is 28.2 Å². The van der Waals surface area contributed by atoms with Gasteiger partial charge in [-0.25, -0.2) is 0 Å². The molecule has 256 valence electrons. The minimum atomic E-state index is 1.02.